The number of halogens is 2. The van der Waals surface area contributed by atoms with E-state index in [2.05, 4.69) is 4.90 Å². The predicted molar refractivity (Wildman–Crippen MR) is 134 cm³/mol. The maximum absolute atomic E-state index is 13.4. The van der Waals surface area contributed by atoms with Gasteiger partial charge in [-0.25, -0.2) is 17.2 Å². The summed E-state index contributed by atoms with van der Waals surface area (Å²) >= 11 is 0. The van der Waals surface area contributed by atoms with Crippen LogP contribution in [0.1, 0.15) is 21.5 Å². The van der Waals surface area contributed by atoms with Crippen LogP contribution in [0.3, 0.4) is 0 Å². The number of rotatable bonds is 8. The number of sulfonamides is 1. The Morgan fingerprint density at radius 2 is 1.39 bits per heavy atom. The molecule has 1 aliphatic heterocycles. The second kappa shape index (κ2) is 11.3. The Bertz CT molecular complexity index is 1270. The molecule has 4 rings (SSSR count). The smallest absolute Gasteiger partial charge is 0.254 e. The lowest BCUT2D eigenvalue weighted by Gasteiger charge is -2.35. The lowest BCUT2D eigenvalue weighted by Crippen LogP contribution is -2.50. The minimum atomic E-state index is -3.55. The molecule has 6 nitrogen and oxygen atoms in total. The van der Waals surface area contributed by atoms with Gasteiger partial charge in [-0.3, -0.25) is 9.69 Å². The van der Waals surface area contributed by atoms with Crippen molar-refractivity contribution in [2.45, 2.75) is 18.4 Å². The number of aryl methyl sites for hydroxylation is 1. The average molecular weight is 514 g/mol. The lowest BCUT2D eigenvalue weighted by atomic mass is 10.1. The Kier molecular flexibility index (Phi) is 8.13. The van der Waals surface area contributed by atoms with Gasteiger partial charge in [0, 0.05) is 51.4 Å². The molecule has 1 heterocycles. The highest BCUT2D eigenvalue weighted by Gasteiger charge is 2.28. The number of carbonyl (C=O) groups is 1. The van der Waals surface area contributed by atoms with Gasteiger partial charge in [0.2, 0.25) is 10.0 Å². The first-order chi connectivity index (χ1) is 17.2. The van der Waals surface area contributed by atoms with Gasteiger partial charge in [0.25, 0.3) is 5.91 Å². The Hall–Kier alpha value is -3.14. The molecular formula is C27H29F2N3O3S. The van der Waals surface area contributed by atoms with Crippen molar-refractivity contribution in [2.24, 2.45) is 0 Å². The highest BCUT2D eigenvalue weighted by atomic mass is 32.2. The molecule has 1 aliphatic rings. The van der Waals surface area contributed by atoms with Gasteiger partial charge in [-0.1, -0.05) is 29.8 Å². The van der Waals surface area contributed by atoms with Gasteiger partial charge in [0.1, 0.15) is 11.6 Å². The van der Waals surface area contributed by atoms with E-state index in [1.165, 1.54) is 40.7 Å². The molecule has 3 aromatic carbocycles. The van der Waals surface area contributed by atoms with Crippen LogP contribution in [0, 0.1) is 18.6 Å². The molecule has 0 atom stereocenters. The van der Waals surface area contributed by atoms with E-state index in [1.54, 1.807) is 41.3 Å². The van der Waals surface area contributed by atoms with E-state index in [9.17, 15) is 22.0 Å². The summed E-state index contributed by atoms with van der Waals surface area (Å²) in [5.74, 6) is -1.02. The maximum atomic E-state index is 13.4. The Morgan fingerprint density at radius 1 is 0.833 bits per heavy atom. The zero-order chi connectivity index (χ0) is 25.7. The monoisotopic (exact) mass is 513 g/mol. The number of piperazine rings is 1. The van der Waals surface area contributed by atoms with Gasteiger partial charge < -0.3 is 4.90 Å². The molecule has 0 N–H and O–H groups in total. The van der Waals surface area contributed by atoms with Gasteiger partial charge in [-0.05, 0) is 61.0 Å². The molecule has 1 amide bonds. The molecular weight excluding hydrogens is 484 g/mol. The van der Waals surface area contributed by atoms with E-state index in [4.69, 9.17) is 0 Å². The topological polar surface area (TPSA) is 60.9 Å². The molecule has 9 heteroatoms. The fraction of sp³-hybridized carbons (Fsp3) is 0.296. The largest absolute Gasteiger partial charge is 0.333 e. The minimum absolute atomic E-state index is 0.250. The van der Waals surface area contributed by atoms with Crippen molar-refractivity contribution < 1.29 is 22.0 Å². The molecule has 0 radical (unpaired) electrons. The van der Waals surface area contributed by atoms with Gasteiger partial charge >= 0.3 is 0 Å². The summed E-state index contributed by atoms with van der Waals surface area (Å²) < 4.78 is 54.1. The standard InChI is InChI=1S/C27H29F2N3O3S/c1-21-2-12-26(13-3-21)36(34,35)32-18-15-30(16-19-32)14-17-31(20-22-4-8-24(28)9-5-22)27(33)23-6-10-25(29)11-7-23/h2-13H,14-20H2,1H3. The summed E-state index contributed by atoms with van der Waals surface area (Å²) in [7, 11) is -3.55. The van der Waals surface area contributed by atoms with Crippen LogP contribution in [-0.4, -0.2) is 67.7 Å². The van der Waals surface area contributed by atoms with Crippen LogP contribution >= 0.6 is 0 Å². The van der Waals surface area contributed by atoms with Crippen molar-refractivity contribution in [1.29, 1.82) is 0 Å². The summed E-state index contributed by atoms with van der Waals surface area (Å²) in [6.07, 6.45) is 0. The summed E-state index contributed by atoms with van der Waals surface area (Å²) in [6, 6.07) is 18.2. The van der Waals surface area contributed by atoms with Crippen molar-refractivity contribution in [3.8, 4) is 0 Å². The summed E-state index contributed by atoms with van der Waals surface area (Å²) in [6.45, 7) is 4.93. The van der Waals surface area contributed by atoms with E-state index in [0.29, 0.717) is 44.8 Å². The van der Waals surface area contributed by atoms with Crippen molar-refractivity contribution in [1.82, 2.24) is 14.1 Å². The number of carbonyl (C=O) groups excluding carboxylic acids is 1. The Labute approximate surface area is 210 Å². The van der Waals surface area contributed by atoms with Crippen LogP contribution in [0.25, 0.3) is 0 Å². The first-order valence-electron chi connectivity index (χ1n) is 11.8. The zero-order valence-corrected chi connectivity index (χ0v) is 20.9. The maximum Gasteiger partial charge on any atom is 0.254 e. The number of hydrogen-bond acceptors (Lipinski definition) is 4. The quantitative estimate of drug-likeness (QED) is 0.458. The van der Waals surface area contributed by atoms with E-state index in [0.717, 1.165) is 11.1 Å². The van der Waals surface area contributed by atoms with E-state index in [-0.39, 0.29) is 23.2 Å². The zero-order valence-electron chi connectivity index (χ0n) is 20.1. The third-order valence-corrected chi connectivity index (χ3v) is 8.25. The SMILES string of the molecule is Cc1ccc(S(=O)(=O)N2CCN(CCN(Cc3ccc(F)cc3)C(=O)c3ccc(F)cc3)CC2)cc1. The van der Waals surface area contributed by atoms with Gasteiger partial charge in [-0.15, -0.1) is 0 Å². The second-order valence-electron chi connectivity index (χ2n) is 8.92. The van der Waals surface area contributed by atoms with Gasteiger partial charge in [0.05, 0.1) is 4.90 Å². The van der Waals surface area contributed by atoms with Crippen molar-refractivity contribution in [3.05, 3.63) is 101 Å². The fourth-order valence-corrected chi connectivity index (χ4v) is 5.57. The molecule has 36 heavy (non-hydrogen) atoms. The number of amides is 1. The second-order valence-corrected chi connectivity index (χ2v) is 10.9. The normalized spacial score (nSPS) is 15.1. The van der Waals surface area contributed by atoms with Crippen molar-refractivity contribution >= 4 is 15.9 Å². The van der Waals surface area contributed by atoms with Crippen LogP contribution in [0.4, 0.5) is 8.78 Å². The summed E-state index contributed by atoms with van der Waals surface area (Å²) in [4.78, 5) is 17.2. The molecule has 0 aliphatic carbocycles. The molecule has 0 unspecified atom stereocenters. The minimum Gasteiger partial charge on any atom is -0.333 e. The van der Waals surface area contributed by atoms with Gasteiger partial charge in [0.15, 0.2) is 0 Å². The van der Waals surface area contributed by atoms with Crippen LogP contribution in [-0.2, 0) is 16.6 Å². The summed E-state index contributed by atoms with van der Waals surface area (Å²) in [5, 5.41) is 0. The van der Waals surface area contributed by atoms with E-state index >= 15 is 0 Å². The average Bonchev–Trinajstić information content (AvgIpc) is 2.88. The first-order valence-corrected chi connectivity index (χ1v) is 13.2. The number of hydrogen-bond donors (Lipinski definition) is 0. The molecule has 0 saturated carbocycles. The first kappa shape index (κ1) is 25.9. The fourth-order valence-electron chi connectivity index (χ4n) is 4.15. The number of benzene rings is 3. The van der Waals surface area contributed by atoms with Crippen LogP contribution < -0.4 is 0 Å². The van der Waals surface area contributed by atoms with Gasteiger partial charge in [-0.2, -0.15) is 4.31 Å². The molecule has 0 spiro atoms. The van der Waals surface area contributed by atoms with Crippen LogP contribution in [0.5, 0.6) is 0 Å². The molecule has 0 aromatic heterocycles. The molecule has 3 aromatic rings. The molecule has 1 fully saturated rings. The van der Waals surface area contributed by atoms with Crippen molar-refractivity contribution in [2.75, 3.05) is 39.3 Å². The highest BCUT2D eigenvalue weighted by molar-refractivity contribution is 7.89. The van der Waals surface area contributed by atoms with Crippen molar-refractivity contribution in [3.63, 3.8) is 0 Å². The third kappa shape index (κ3) is 6.34. The van der Waals surface area contributed by atoms with E-state index < -0.39 is 15.8 Å². The highest BCUT2D eigenvalue weighted by Crippen LogP contribution is 2.19. The van der Waals surface area contributed by atoms with E-state index in [1.807, 2.05) is 6.92 Å². The molecule has 190 valence electrons. The Morgan fingerprint density at radius 3 is 1.97 bits per heavy atom. The third-order valence-electron chi connectivity index (χ3n) is 6.34. The summed E-state index contributed by atoms with van der Waals surface area (Å²) in [5.41, 5.74) is 2.15. The van der Waals surface area contributed by atoms with Crippen LogP contribution in [0.2, 0.25) is 0 Å². The van der Waals surface area contributed by atoms with Crippen LogP contribution in [0.15, 0.2) is 77.7 Å². The number of nitrogens with zero attached hydrogens (tertiary/aromatic N) is 3. The Balaban J connectivity index is 1.39. The molecule has 1 saturated heterocycles. The predicted octanol–water partition coefficient (Wildman–Crippen LogP) is 3.92. The molecule has 0 bridgehead atoms. The lowest BCUT2D eigenvalue weighted by molar-refractivity contribution is 0.0710.